The normalized spacial score (nSPS) is 14.9. The highest BCUT2D eigenvalue weighted by atomic mass is 32.2. The summed E-state index contributed by atoms with van der Waals surface area (Å²) in [7, 11) is 0. The quantitative estimate of drug-likeness (QED) is 0.356. The molecule has 0 saturated heterocycles. The number of amidine groups is 2. The van der Waals surface area contributed by atoms with Crippen LogP contribution in [0, 0.1) is 6.92 Å². The van der Waals surface area contributed by atoms with E-state index in [-0.39, 0.29) is 36.4 Å². The Morgan fingerprint density at radius 1 is 1.30 bits per heavy atom. The number of hydrogen-bond acceptors (Lipinski definition) is 6. The number of phenols is 1. The van der Waals surface area contributed by atoms with Crippen molar-refractivity contribution in [3.05, 3.63) is 47.5 Å². The molecule has 1 unspecified atom stereocenters. The fourth-order valence-corrected chi connectivity index (χ4v) is 2.71. The molecule has 1 heterocycles. The first kappa shape index (κ1) is 18.7. The van der Waals surface area contributed by atoms with E-state index in [9.17, 15) is 9.32 Å². The molecule has 0 aliphatic carbocycles. The minimum atomic E-state index is -2.39. The SMILES string of the molecule is Cc1cccc(N=C(N)C(=NCc2ccc3c(c2)OCO3)NS(=O)O)c1O. The first-order valence-electron chi connectivity index (χ1n) is 7.87. The topological polar surface area (TPSA) is 139 Å². The fourth-order valence-electron chi connectivity index (χ4n) is 2.37. The highest BCUT2D eigenvalue weighted by molar-refractivity contribution is 7.77. The number of aryl methyl sites for hydroxylation is 1. The van der Waals surface area contributed by atoms with E-state index in [1.165, 1.54) is 0 Å². The number of nitrogens with zero attached hydrogens (tertiary/aromatic N) is 2. The van der Waals surface area contributed by atoms with Gasteiger partial charge in [0.15, 0.2) is 23.2 Å². The van der Waals surface area contributed by atoms with Crippen molar-refractivity contribution in [1.82, 2.24) is 4.72 Å². The van der Waals surface area contributed by atoms with Crippen LogP contribution in [-0.4, -0.2) is 32.3 Å². The van der Waals surface area contributed by atoms with Crippen LogP contribution in [0.5, 0.6) is 17.2 Å². The van der Waals surface area contributed by atoms with Gasteiger partial charge >= 0.3 is 0 Å². The molecule has 0 saturated carbocycles. The summed E-state index contributed by atoms with van der Waals surface area (Å²) in [6, 6.07) is 10.3. The third kappa shape index (κ3) is 4.54. The molecule has 142 valence electrons. The van der Waals surface area contributed by atoms with Crippen molar-refractivity contribution in [3.63, 3.8) is 0 Å². The third-order valence-electron chi connectivity index (χ3n) is 3.74. The van der Waals surface area contributed by atoms with Crippen molar-refractivity contribution in [2.75, 3.05) is 6.79 Å². The van der Waals surface area contributed by atoms with Crippen LogP contribution in [0.25, 0.3) is 0 Å². The summed E-state index contributed by atoms with van der Waals surface area (Å²) in [4.78, 5) is 8.33. The van der Waals surface area contributed by atoms with Gasteiger partial charge in [0.2, 0.25) is 6.79 Å². The molecular weight excluding hydrogens is 372 g/mol. The number of para-hydroxylation sites is 1. The van der Waals surface area contributed by atoms with Crippen LogP contribution in [0.4, 0.5) is 5.69 Å². The van der Waals surface area contributed by atoms with Crippen LogP contribution in [0.2, 0.25) is 0 Å². The Hall–Kier alpha value is -3.11. The molecule has 0 bridgehead atoms. The van der Waals surface area contributed by atoms with Gasteiger partial charge in [-0.3, -0.25) is 14.3 Å². The van der Waals surface area contributed by atoms with Crippen LogP contribution < -0.4 is 19.9 Å². The summed E-state index contributed by atoms with van der Waals surface area (Å²) in [5.74, 6) is 1.01. The van der Waals surface area contributed by atoms with E-state index in [4.69, 9.17) is 19.8 Å². The van der Waals surface area contributed by atoms with Crippen molar-refractivity contribution >= 4 is 28.6 Å². The zero-order valence-electron chi connectivity index (χ0n) is 14.4. The Morgan fingerprint density at radius 3 is 2.85 bits per heavy atom. The summed E-state index contributed by atoms with van der Waals surface area (Å²) in [5, 5.41) is 10.0. The number of nitrogens with two attached hydrogens (primary N) is 1. The van der Waals surface area contributed by atoms with Gasteiger partial charge in [-0.05, 0) is 36.2 Å². The van der Waals surface area contributed by atoms with Gasteiger partial charge < -0.3 is 20.3 Å². The Balaban J connectivity index is 1.86. The van der Waals surface area contributed by atoms with Crippen molar-refractivity contribution in [2.24, 2.45) is 15.7 Å². The van der Waals surface area contributed by atoms with Gasteiger partial charge in [0.05, 0.1) is 6.54 Å². The lowest BCUT2D eigenvalue weighted by molar-refractivity contribution is 0.174. The number of aliphatic imine (C=N–C) groups is 2. The van der Waals surface area contributed by atoms with E-state index < -0.39 is 11.3 Å². The van der Waals surface area contributed by atoms with E-state index in [1.54, 1.807) is 43.3 Å². The van der Waals surface area contributed by atoms with Gasteiger partial charge in [0.25, 0.3) is 11.3 Å². The summed E-state index contributed by atoms with van der Waals surface area (Å²) < 4.78 is 33.1. The van der Waals surface area contributed by atoms with Gasteiger partial charge in [0, 0.05) is 0 Å². The second-order valence-corrected chi connectivity index (χ2v) is 6.35. The molecule has 27 heavy (non-hydrogen) atoms. The third-order valence-corrected chi connectivity index (χ3v) is 4.11. The average Bonchev–Trinajstić information content (AvgIpc) is 3.10. The number of hydrogen-bond donors (Lipinski definition) is 4. The molecule has 1 aliphatic heterocycles. The number of nitrogens with one attached hydrogen (secondary N) is 1. The lowest BCUT2D eigenvalue weighted by Crippen LogP contribution is -2.37. The molecule has 0 spiro atoms. The molecule has 9 nitrogen and oxygen atoms in total. The Kier molecular flexibility index (Phi) is 5.57. The van der Waals surface area contributed by atoms with Crippen LogP contribution >= 0.6 is 0 Å². The van der Waals surface area contributed by atoms with Crippen LogP contribution in [0.3, 0.4) is 0 Å². The van der Waals surface area contributed by atoms with Crippen LogP contribution in [-0.2, 0) is 17.8 Å². The molecule has 2 aromatic carbocycles. The molecule has 10 heteroatoms. The number of rotatable bonds is 4. The molecule has 3 rings (SSSR count). The van der Waals surface area contributed by atoms with E-state index in [0.29, 0.717) is 17.1 Å². The maximum atomic E-state index is 11.2. The highest BCUT2D eigenvalue weighted by Crippen LogP contribution is 2.32. The predicted molar refractivity (Wildman–Crippen MR) is 102 cm³/mol. The summed E-state index contributed by atoms with van der Waals surface area (Å²) in [5.41, 5.74) is 7.57. The molecule has 0 amide bonds. The lowest BCUT2D eigenvalue weighted by atomic mass is 10.2. The van der Waals surface area contributed by atoms with Crippen molar-refractivity contribution in [1.29, 1.82) is 0 Å². The molecule has 0 fully saturated rings. The number of fused-ring (bicyclic) bond motifs is 1. The molecule has 2 aromatic rings. The van der Waals surface area contributed by atoms with Gasteiger partial charge in [0.1, 0.15) is 11.4 Å². The molecule has 1 aliphatic rings. The van der Waals surface area contributed by atoms with Gasteiger partial charge in [-0.1, -0.05) is 18.2 Å². The smallest absolute Gasteiger partial charge is 0.260 e. The summed E-state index contributed by atoms with van der Waals surface area (Å²) >= 11 is -2.39. The first-order valence-corrected chi connectivity index (χ1v) is 8.98. The summed E-state index contributed by atoms with van der Waals surface area (Å²) in [6.45, 7) is 2.05. The maximum absolute atomic E-state index is 11.2. The van der Waals surface area contributed by atoms with E-state index in [2.05, 4.69) is 14.7 Å². The number of aromatic hydroxyl groups is 1. The number of ether oxygens (including phenoxy) is 2. The van der Waals surface area contributed by atoms with Crippen molar-refractivity contribution < 1.29 is 23.3 Å². The Morgan fingerprint density at radius 2 is 2.07 bits per heavy atom. The van der Waals surface area contributed by atoms with E-state index in [0.717, 1.165) is 5.56 Å². The maximum Gasteiger partial charge on any atom is 0.260 e. The fraction of sp³-hybridized carbons (Fsp3) is 0.176. The number of phenolic OH excluding ortho intramolecular Hbond substituents is 1. The molecule has 0 aromatic heterocycles. The monoisotopic (exact) mass is 390 g/mol. The zero-order chi connectivity index (χ0) is 19.4. The second kappa shape index (κ2) is 8.06. The number of benzene rings is 2. The first-order chi connectivity index (χ1) is 12.9. The van der Waals surface area contributed by atoms with Gasteiger partial charge in [-0.2, -0.15) is 0 Å². The van der Waals surface area contributed by atoms with Gasteiger partial charge in [-0.25, -0.2) is 9.20 Å². The lowest BCUT2D eigenvalue weighted by Gasteiger charge is -2.08. The van der Waals surface area contributed by atoms with Crippen LogP contribution in [0.15, 0.2) is 46.4 Å². The second-order valence-electron chi connectivity index (χ2n) is 5.64. The summed E-state index contributed by atoms with van der Waals surface area (Å²) in [6.07, 6.45) is 0. The Bertz CT molecular complexity index is 945. The largest absolute Gasteiger partial charge is 0.505 e. The van der Waals surface area contributed by atoms with Crippen molar-refractivity contribution in [3.8, 4) is 17.2 Å². The zero-order valence-corrected chi connectivity index (χ0v) is 15.2. The average molecular weight is 390 g/mol. The molecule has 1 atom stereocenters. The van der Waals surface area contributed by atoms with Crippen molar-refractivity contribution in [2.45, 2.75) is 13.5 Å². The Labute approximate surface area is 158 Å². The minimum Gasteiger partial charge on any atom is -0.505 e. The highest BCUT2D eigenvalue weighted by Gasteiger charge is 2.14. The molecule has 5 N–H and O–H groups in total. The minimum absolute atomic E-state index is 0.0271. The standard InChI is InChI=1S/C17H18N4O5S/c1-10-3-2-4-12(15(10)22)20-16(18)17(21-27(23)24)19-8-11-5-6-13-14(7-11)26-9-25-13/h2-7,22H,8-9H2,1H3,(H2,18,20)(H,19,21)(H,23,24). The van der Waals surface area contributed by atoms with Gasteiger partial charge in [-0.15, -0.1) is 0 Å². The van der Waals surface area contributed by atoms with E-state index in [1.807, 2.05) is 0 Å². The molecular formula is C17H18N4O5S. The van der Waals surface area contributed by atoms with Crippen LogP contribution in [0.1, 0.15) is 11.1 Å². The van der Waals surface area contributed by atoms with E-state index >= 15 is 0 Å². The predicted octanol–water partition coefficient (Wildman–Crippen LogP) is 1.74. The molecule has 0 radical (unpaired) electrons.